The molecule has 0 aliphatic heterocycles. The molecule has 0 spiro atoms. The molecule has 0 saturated heterocycles. The van der Waals surface area contributed by atoms with E-state index in [9.17, 15) is 3.89 Å². The van der Waals surface area contributed by atoms with Crippen LogP contribution in [-0.2, 0) is 0 Å². The Balaban J connectivity index is 3.78. The molecule has 1 unspecified atom stereocenters. The molecule has 0 fully saturated rings. The highest BCUT2D eigenvalue weighted by Crippen LogP contribution is 2.43. The quantitative estimate of drug-likeness (QED) is 0.627. The maximum absolute atomic E-state index is 12.9. The van der Waals surface area contributed by atoms with Crippen molar-refractivity contribution in [2.45, 2.75) is 13.3 Å². The second kappa shape index (κ2) is 3.82. The first-order chi connectivity index (χ1) is 4.49. The van der Waals surface area contributed by atoms with Crippen LogP contribution >= 0.6 is 10.4 Å². The van der Waals surface area contributed by atoms with Crippen molar-refractivity contribution in [3.63, 3.8) is 0 Å². The van der Waals surface area contributed by atoms with Gasteiger partial charge in [0, 0.05) is 5.75 Å². The Morgan fingerprint density at radius 1 is 1.60 bits per heavy atom. The van der Waals surface area contributed by atoms with Crippen molar-refractivity contribution in [1.29, 1.82) is 5.26 Å². The molecule has 0 heterocycles. The summed E-state index contributed by atoms with van der Waals surface area (Å²) in [6.45, 7) is 1.92. The van der Waals surface area contributed by atoms with Gasteiger partial charge >= 0.3 is 0 Å². The maximum Gasteiger partial charge on any atom is 0.0664 e. The van der Waals surface area contributed by atoms with Crippen molar-refractivity contribution in [3.8, 4) is 6.07 Å². The SMILES string of the molecule is CCC(C#N)CS(C)(C)F. The predicted octanol–water partition coefficient (Wildman–Crippen LogP) is 2.48. The van der Waals surface area contributed by atoms with Gasteiger partial charge in [0.1, 0.15) is 0 Å². The molecule has 60 valence electrons. The first-order valence-electron chi connectivity index (χ1n) is 3.30. The van der Waals surface area contributed by atoms with Crippen LogP contribution in [0.5, 0.6) is 0 Å². The predicted molar refractivity (Wildman–Crippen MR) is 44.8 cm³/mol. The summed E-state index contributed by atoms with van der Waals surface area (Å²) in [7, 11) is -1.97. The topological polar surface area (TPSA) is 23.8 Å². The molecule has 1 atom stereocenters. The summed E-state index contributed by atoms with van der Waals surface area (Å²) in [5.41, 5.74) is 0. The molecule has 0 N–H and O–H groups in total. The first kappa shape index (κ1) is 9.77. The monoisotopic (exact) mass is 163 g/mol. The van der Waals surface area contributed by atoms with Crippen molar-refractivity contribution < 1.29 is 3.89 Å². The zero-order valence-corrected chi connectivity index (χ0v) is 7.54. The number of nitrogens with zero attached hydrogens (tertiary/aromatic N) is 1. The van der Waals surface area contributed by atoms with Gasteiger partial charge in [-0.15, -0.1) is 0 Å². The van der Waals surface area contributed by atoms with Gasteiger partial charge in [-0.2, -0.15) is 9.15 Å². The van der Waals surface area contributed by atoms with Gasteiger partial charge in [0.2, 0.25) is 0 Å². The molecule has 0 amide bonds. The van der Waals surface area contributed by atoms with E-state index >= 15 is 0 Å². The van der Waals surface area contributed by atoms with Gasteiger partial charge in [0.05, 0.1) is 12.0 Å². The summed E-state index contributed by atoms with van der Waals surface area (Å²) in [6.07, 6.45) is 3.94. The van der Waals surface area contributed by atoms with E-state index in [0.29, 0.717) is 5.75 Å². The van der Waals surface area contributed by atoms with Crippen molar-refractivity contribution >= 4 is 10.4 Å². The van der Waals surface area contributed by atoms with Crippen LogP contribution in [-0.4, -0.2) is 18.3 Å². The molecule has 0 rings (SSSR count). The molecule has 1 nitrogen and oxygen atoms in total. The lowest BCUT2D eigenvalue weighted by atomic mass is 10.1. The van der Waals surface area contributed by atoms with Crippen molar-refractivity contribution in [2.75, 3.05) is 18.3 Å². The summed E-state index contributed by atoms with van der Waals surface area (Å²) >= 11 is 0. The lowest BCUT2D eigenvalue weighted by molar-refractivity contribution is 0.707. The number of halogens is 1. The fourth-order valence-electron chi connectivity index (χ4n) is 0.725. The fraction of sp³-hybridized carbons (Fsp3) is 0.857. The van der Waals surface area contributed by atoms with E-state index in [0.717, 1.165) is 6.42 Å². The number of hydrogen-bond donors (Lipinski definition) is 0. The highest BCUT2D eigenvalue weighted by molar-refractivity contribution is 8.28. The summed E-state index contributed by atoms with van der Waals surface area (Å²) in [4.78, 5) is 0. The Bertz CT molecular complexity index is 134. The van der Waals surface area contributed by atoms with E-state index in [1.807, 2.05) is 6.92 Å². The molecule has 10 heavy (non-hydrogen) atoms. The molecular formula is C7H14FNS. The van der Waals surface area contributed by atoms with E-state index in [2.05, 4.69) is 6.07 Å². The van der Waals surface area contributed by atoms with Gasteiger partial charge in [-0.1, -0.05) is 17.3 Å². The Morgan fingerprint density at radius 3 is 2.20 bits per heavy atom. The summed E-state index contributed by atoms with van der Waals surface area (Å²) < 4.78 is 12.9. The molecule has 0 aromatic carbocycles. The Hall–Kier alpha value is -0.230. The third kappa shape index (κ3) is 4.63. The Labute approximate surface area is 63.8 Å². The molecule has 3 heteroatoms. The van der Waals surface area contributed by atoms with Crippen LogP contribution in [0.1, 0.15) is 13.3 Å². The van der Waals surface area contributed by atoms with E-state index < -0.39 is 10.4 Å². The molecule has 0 aromatic heterocycles. The maximum atomic E-state index is 12.9. The number of hydrogen-bond acceptors (Lipinski definition) is 1. The Morgan fingerprint density at radius 2 is 2.10 bits per heavy atom. The van der Waals surface area contributed by atoms with Crippen molar-refractivity contribution in [2.24, 2.45) is 5.92 Å². The lowest BCUT2D eigenvalue weighted by Gasteiger charge is -2.21. The smallest absolute Gasteiger partial charge is 0.0664 e. The van der Waals surface area contributed by atoms with Crippen LogP contribution < -0.4 is 0 Å². The third-order valence-electron chi connectivity index (χ3n) is 1.27. The Kier molecular flexibility index (Phi) is 3.73. The number of nitriles is 1. The minimum Gasteiger partial charge on any atom is -0.198 e. The minimum absolute atomic E-state index is 0.0880. The van der Waals surface area contributed by atoms with Crippen LogP contribution in [0.3, 0.4) is 0 Å². The normalized spacial score (nSPS) is 15.9. The summed E-state index contributed by atoms with van der Waals surface area (Å²) in [5, 5.41) is 8.49. The molecular weight excluding hydrogens is 149 g/mol. The van der Waals surface area contributed by atoms with Gasteiger partial charge in [0.25, 0.3) is 0 Å². The largest absolute Gasteiger partial charge is 0.198 e. The van der Waals surface area contributed by atoms with Gasteiger partial charge in [-0.25, -0.2) is 0 Å². The first-order valence-corrected chi connectivity index (χ1v) is 5.81. The van der Waals surface area contributed by atoms with Gasteiger partial charge in [0.15, 0.2) is 0 Å². The summed E-state index contributed by atoms with van der Waals surface area (Å²) in [6, 6.07) is 2.09. The lowest BCUT2D eigenvalue weighted by Crippen LogP contribution is -2.06. The zero-order valence-electron chi connectivity index (χ0n) is 6.72. The zero-order chi connectivity index (χ0) is 8.20. The fourth-order valence-corrected chi connectivity index (χ4v) is 1.99. The van der Waals surface area contributed by atoms with E-state index in [1.165, 1.54) is 0 Å². The molecule has 0 aliphatic rings. The third-order valence-corrected chi connectivity index (χ3v) is 2.47. The van der Waals surface area contributed by atoms with Crippen molar-refractivity contribution in [1.82, 2.24) is 0 Å². The van der Waals surface area contributed by atoms with Crippen molar-refractivity contribution in [3.05, 3.63) is 0 Å². The number of rotatable bonds is 3. The van der Waals surface area contributed by atoms with E-state index in [1.54, 1.807) is 12.5 Å². The average molecular weight is 163 g/mol. The highest BCUT2D eigenvalue weighted by Gasteiger charge is 2.15. The van der Waals surface area contributed by atoms with Crippen LogP contribution in [0.4, 0.5) is 3.89 Å². The molecule has 0 aromatic rings. The van der Waals surface area contributed by atoms with Gasteiger partial charge in [-0.05, 0) is 18.9 Å². The van der Waals surface area contributed by atoms with Crippen LogP contribution in [0, 0.1) is 17.2 Å². The highest BCUT2D eigenvalue weighted by atomic mass is 32.3. The van der Waals surface area contributed by atoms with Gasteiger partial charge in [-0.3, -0.25) is 0 Å². The molecule has 0 aliphatic carbocycles. The second-order valence-corrected chi connectivity index (χ2v) is 5.94. The minimum atomic E-state index is -1.97. The van der Waals surface area contributed by atoms with Crippen LogP contribution in [0.25, 0.3) is 0 Å². The second-order valence-electron chi connectivity index (χ2n) is 2.80. The molecule has 0 radical (unpaired) electrons. The van der Waals surface area contributed by atoms with Crippen LogP contribution in [0.15, 0.2) is 0 Å². The molecule has 0 saturated carbocycles. The van der Waals surface area contributed by atoms with Crippen LogP contribution in [0.2, 0.25) is 0 Å². The molecule has 0 bridgehead atoms. The average Bonchev–Trinajstić information content (AvgIpc) is 1.81. The van der Waals surface area contributed by atoms with E-state index in [4.69, 9.17) is 5.26 Å². The van der Waals surface area contributed by atoms with E-state index in [-0.39, 0.29) is 5.92 Å². The van der Waals surface area contributed by atoms with Gasteiger partial charge < -0.3 is 0 Å². The standard InChI is InChI=1S/C7H14FNS/c1-4-7(5-9)6-10(2,3)8/h7H,4,6H2,1-3H3. The summed E-state index contributed by atoms with van der Waals surface area (Å²) in [5.74, 6) is 0.343.